The summed E-state index contributed by atoms with van der Waals surface area (Å²) in [4.78, 5) is 0. The predicted octanol–water partition coefficient (Wildman–Crippen LogP) is 3.61. The molecule has 1 fully saturated rings. The molecule has 1 heteroatoms. The van der Waals surface area contributed by atoms with Gasteiger partial charge in [0, 0.05) is 0 Å². The second-order valence-electron chi connectivity index (χ2n) is 5.39. The molecule has 0 radical (unpaired) electrons. The summed E-state index contributed by atoms with van der Waals surface area (Å²) in [5.74, 6) is 2.31. The highest BCUT2D eigenvalue weighted by Crippen LogP contribution is 2.34. The molecule has 0 aromatic rings. The van der Waals surface area contributed by atoms with Gasteiger partial charge in [0.1, 0.15) is 0 Å². The van der Waals surface area contributed by atoms with E-state index in [9.17, 15) is 5.11 Å². The molecule has 0 amide bonds. The van der Waals surface area contributed by atoms with Crippen LogP contribution in [-0.2, 0) is 0 Å². The SMILES string of the molecule is CCC1CC(CCC(C)C)CCC1O. The van der Waals surface area contributed by atoms with Crippen LogP contribution in [0.15, 0.2) is 0 Å². The summed E-state index contributed by atoms with van der Waals surface area (Å²) in [5, 5.41) is 9.76. The van der Waals surface area contributed by atoms with Gasteiger partial charge in [-0.3, -0.25) is 0 Å². The summed E-state index contributed by atoms with van der Waals surface area (Å²) in [6, 6.07) is 0. The molecule has 1 aliphatic rings. The zero-order chi connectivity index (χ0) is 10.6. The van der Waals surface area contributed by atoms with Gasteiger partial charge >= 0.3 is 0 Å². The monoisotopic (exact) mass is 198 g/mol. The molecular formula is C13H26O. The van der Waals surface area contributed by atoms with Gasteiger partial charge in [0.25, 0.3) is 0 Å². The van der Waals surface area contributed by atoms with Gasteiger partial charge in [0.05, 0.1) is 6.10 Å². The predicted molar refractivity (Wildman–Crippen MR) is 61.2 cm³/mol. The standard InChI is InChI=1S/C13H26O/c1-4-12-9-11(6-5-10(2)3)7-8-13(12)14/h10-14H,4-9H2,1-3H3. The van der Waals surface area contributed by atoms with Gasteiger partial charge in [0.15, 0.2) is 0 Å². The molecular weight excluding hydrogens is 172 g/mol. The molecule has 0 aromatic heterocycles. The summed E-state index contributed by atoms with van der Waals surface area (Å²) in [6.45, 7) is 6.81. The lowest BCUT2D eigenvalue weighted by molar-refractivity contribution is 0.0434. The molecule has 0 spiro atoms. The highest BCUT2D eigenvalue weighted by molar-refractivity contribution is 4.79. The Morgan fingerprint density at radius 2 is 2.00 bits per heavy atom. The molecule has 3 atom stereocenters. The molecule has 14 heavy (non-hydrogen) atoms. The minimum absolute atomic E-state index is 0.00435. The van der Waals surface area contributed by atoms with Gasteiger partial charge in [-0.05, 0) is 37.0 Å². The van der Waals surface area contributed by atoms with Crippen molar-refractivity contribution in [3.8, 4) is 0 Å². The quantitative estimate of drug-likeness (QED) is 0.731. The van der Waals surface area contributed by atoms with Gasteiger partial charge in [-0.25, -0.2) is 0 Å². The minimum Gasteiger partial charge on any atom is -0.393 e. The molecule has 1 nitrogen and oxygen atoms in total. The summed E-state index contributed by atoms with van der Waals surface area (Å²) in [5.41, 5.74) is 0. The minimum atomic E-state index is -0.00435. The van der Waals surface area contributed by atoms with E-state index in [1.165, 1.54) is 25.7 Å². The molecule has 0 aliphatic heterocycles. The molecule has 1 saturated carbocycles. The molecule has 0 saturated heterocycles. The Kier molecular flexibility index (Phi) is 4.94. The Hall–Kier alpha value is -0.0400. The fourth-order valence-corrected chi connectivity index (χ4v) is 2.62. The van der Waals surface area contributed by atoms with Crippen LogP contribution in [0.1, 0.15) is 59.3 Å². The van der Waals surface area contributed by atoms with Crippen LogP contribution in [0, 0.1) is 17.8 Å². The van der Waals surface area contributed by atoms with E-state index in [0.717, 1.165) is 24.7 Å². The number of hydrogen-bond acceptors (Lipinski definition) is 1. The third kappa shape index (κ3) is 3.61. The van der Waals surface area contributed by atoms with Crippen LogP contribution in [0.25, 0.3) is 0 Å². The van der Waals surface area contributed by atoms with Crippen molar-refractivity contribution in [3.05, 3.63) is 0 Å². The lowest BCUT2D eigenvalue weighted by Crippen LogP contribution is -2.28. The van der Waals surface area contributed by atoms with Crippen LogP contribution >= 0.6 is 0 Å². The van der Waals surface area contributed by atoms with Crippen molar-refractivity contribution >= 4 is 0 Å². The zero-order valence-electron chi connectivity index (χ0n) is 10.00. The Bertz CT molecular complexity index is 153. The molecule has 0 heterocycles. The number of aliphatic hydroxyl groups is 1. The highest BCUT2D eigenvalue weighted by atomic mass is 16.3. The van der Waals surface area contributed by atoms with E-state index in [4.69, 9.17) is 0 Å². The van der Waals surface area contributed by atoms with Crippen molar-refractivity contribution in [2.75, 3.05) is 0 Å². The van der Waals surface area contributed by atoms with Crippen molar-refractivity contribution in [2.45, 2.75) is 65.4 Å². The number of rotatable bonds is 4. The van der Waals surface area contributed by atoms with E-state index >= 15 is 0 Å². The smallest absolute Gasteiger partial charge is 0.0568 e. The maximum Gasteiger partial charge on any atom is 0.0568 e. The molecule has 1 rings (SSSR count). The number of hydrogen-bond donors (Lipinski definition) is 1. The maximum absolute atomic E-state index is 9.76. The molecule has 0 aromatic carbocycles. The Morgan fingerprint density at radius 1 is 1.29 bits per heavy atom. The van der Waals surface area contributed by atoms with Crippen LogP contribution in [0.4, 0.5) is 0 Å². The van der Waals surface area contributed by atoms with E-state index in [0.29, 0.717) is 5.92 Å². The molecule has 0 bridgehead atoms. The van der Waals surface area contributed by atoms with Crippen molar-refractivity contribution in [3.63, 3.8) is 0 Å². The van der Waals surface area contributed by atoms with E-state index in [-0.39, 0.29) is 6.10 Å². The van der Waals surface area contributed by atoms with Crippen molar-refractivity contribution in [1.82, 2.24) is 0 Å². The average Bonchev–Trinajstić information content (AvgIpc) is 2.16. The van der Waals surface area contributed by atoms with Gasteiger partial charge < -0.3 is 5.11 Å². The topological polar surface area (TPSA) is 20.2 Å². The third-order valence-corrected chi connectivity index (χ3v) is 3.73. The first-order valence-corrected chi connectivity index (χ1v) is 6.31. The van der Waals surface area contributed by atoms with E-state index in [2.05, 4.69) is 20.8 Å². The molecule has 1 aliphatic carbocycles. The average molecular weight is 198 g/mol. The fraction of sp³-hybridized carbons (Fsp3) is 1.00. The van der Waals surface area contributed by atoms with Gasteiger partial charge in [-0.2, -0.15) is 0 Å². The highest BCUT2D eigenvalue weighted by Gasteiger charge is 2.27. The summed E-state index contributed by atoms with van der Waals surface area (Å²) in [7, 11) is 0. The van der Waals surface area contributed by atoms with Crippen molar-refractivity contribution < 1.29 is 5.11 Å². The van der Waals surface area contributed by atoms with E-state index in [1.807, 2.05) is 0 Å². The van der Waals surface area contributed by atoms with Crippen LogP contribution in [0.5, 0.6) is 0 Å². The second kappa shape index (κ2) is 5.75. The third-order valence-electron chi connectivity index (χ3n) is 3.73. The van der Waals surface area contributed by atoms with Crippen LogP contribution in [-0.4, -0.2) is 11.2 Å². The summed E-state index contributed by atoms with van der Waals surface area (Å²) >= 11 is 0. The van der Waals surface area contributed by atoms with E-state index < -0.39 is 0 Å². The Balaban J connectivity index is 2.27. The van der Waals surface area contributed by atoms with Crippen molar-refractivity contribution in [1.29, 1.82) is 0 Å². The first-order chi connectivity index (χ1) is 6.63. The Labute approximate surface area is 88.9 Å². The van der Waals surface area contributed by atoms with Gasteiger partial charge in [0.2, 0.25) is 0 Å². The lowest BCUT2D eigenvalue weighted by atomic mass is 9.76. The van der Waals surface area contributed by atoms with Gasteiger partial charge in [-0.15, -0.1) is 0 Å². The fourth-order valence-electron chi connectivity index (χ4n) is 2.62. The second-order valence-corrected chi connectivity index (χ2v) is 5.39. The van der Waals surface area contributed by atoms with Crippen LogP contribution < -0.4 is 0 Å². The zero-order valence-corrected chi connectivity index (χ0v) is 10.00. The van der Waals surface area contributed by atoms with Crippen LogP contribution in [0.3, 0.4) is 0 Å². The first-order valence-electron chi connectivity index (χ1n) is 6.31. The van der Waals surface area contributed by atoms with Crippen molar-refractivity contribution in [2.24, 2.45) is 17.8 Å². The largest absolute Gasteiger partial charge is 0.393 e. The summed E-state index contributed by atoms with van der Waals surface area (Å²) in [6.07, 6.45) is 7.45. The van der Waals surface area contributed by atoms with Gasteiger partial charge in [-0.1, -0.05) is 40.0 Å². The van der Waals surface area contributed by atoms with E-state index in [1.54, 1.807) is 0 Å². The summed E-state index contributed by atoms with van der Waals surface area (Å²) < 4.78 is 0. The molecule has 3 unspecified atom stereocenters. The lowest BCUT2D eigenvalue weighted by Gasteiger charge is -2.33. The maximum atomic E-state index is 9.76. The molecule has 84 valence electrons. The van der Waals surface area contributed by atoms with Crippen LogP contribution in [0.2, 0.25) is 0 Å². The Morgan fingerprint density at radius 3 is 2.57 bits per heavy atom. The normalized spacial score (nSPS) is 33.6. The molecule has 1 N–H and O–H groups in total. The number of aliphatic hydroxyl groups excluding tert-OH is 1. The first kappa shape index (κ1) is 12.0.